The Kier molecular flexibility index (Phi) is 32.2. The van der Waals surface area contributed by atoms with Crippen LogP contribution in [0.15, 0.2) is 0 Å². The monoisotopic (exact) mass is 550 g/mol. The van der Waals surface area contributed by atoms with Gasteiger partial charge < -0.3 is 9.47 Å². The predicted octanol–water partition coefficient (Wildman–Crippen LogP) is 11.4. The predicted molar refractivity (Wildman–Crippen MR) is 166 cm³/mol. The summed E-state index contributed by atoms with van der Waals surface area (Å²) in [5, 5.41) is 0. The minimum absolute atomic E-state index is 0.166. The standard InChI is InChI=1S/C35H66O4/c1-3-5-7-9-11-13-15-17-19-21-23-25-27-30-34(36)38-32-29-33-39-35(37)31-28-26-24-22-20-18-16-14-12-10-8-6-4-2/h29,32H,3-28,30-31,33H2,1-2H3. The van der Waals surface area contributed by atoms with Gasteiger partial charge in [0.25, 0.3) is 0 Å². The van der Waals surface area contributed by atoms with Gasteiger partial charge in [-0.2, -0.15) is 0 Å². The first-order valence-corrected chi connectivity index (χ1v) is 17.2. The molecule has 0 atom stereocenters. The fourth-order valence-corrected chi connectivity index (χ4v) is 5.01. The maximum absolute atomic E-state index is 11.8. The van der Waals surface area contributed by atoms with Gasteiger partial charge in [-0.1, -0.05) is 168 Å². The molecule has 0 spiro atoms. The molecule has 39 heavy (non-hydrogen) atoms. The van der Waals surface area contributed by atoms with Crippen LogP contribution < -0.4 is 0 Å². The fraction of sp³-hybridized carbons (Fsp3) is 0.886. The molecule has 0 saturated heterocycles. The summed E-state index contributed by atoms with van der Waals surface area (Å²) in [6.07, 6.45) is 36.2. The van der Waals surface area contributed by atoms with Gasteiger partial charge in [0.05, 0.1) is 6.61 Å². The molecule has 0 heterocycles. The summed E-state index contributed by atoms with van der Waals surface area (Å²) in [6, 6.07) is 0. The van der Waals surface area contributed by atoms with Gasteiger partial charge >= 0.3 is 11.9 Å². The lowest BCUT2D eigenvalue weighted by Gasteiger charge is -2.06. The highest BCUT2D eigenvalue weighted by atomic mass is 16.5. The Bertz CT molecular complexity index is 461. The number of unbranched alkanes of at least 4 members (excludes halogenated alkanes) is 24. The van der Waals surface area contributed by atoms with E-state index >= 15 is 0 Å². The van der Waals surface area contributed by atoms with Gasteiger partial charge in [-0.05, 0) is 12.8 Å². The Hall–Kier alpha value is -1.06. The van der Waals surface area contributed by atoms with E-state index in [1.54, 1.807) is 6.42 Å². The van der Waals surface area contributed by atoms with Crippen LogP contribution in [0.25, 0.3) is 0 Å². The third-order valence-electron chi connectivity index (χ3n) is 7.61. The van der Waals surface area contributed by atoms with Gasteiger partial charge in [0.15, 0.2) is 0 Å². The molecular weight excluding hydrogens is 484 g/mol. The number of carbonyl (C=O) groups is 2. The van der Waals surface area contributed by atoms with Crippen molar-refractivity contribution in [3.63, 3.8) is 0 Å². The summed E-state index contributed by atoms with van der Waals surface area (Å²) in [7, 11) is 0. The average Bonchev–Trinajstić information content (AvgIpc) is 2.93. The van der Waals surface area contributed by atoms with Crippen molar-refractivity contribution in [3.05, 3.63) is 13.0 Å². The first kappa shape index (κ1) is 37.9. The molecule has 0 aromatic carbocycles. The van der Waals surface area contributed by atoms with E-state index in [-0.39, 0.29) is 18.5 Å². The summed E-state index contributed by atoms with van der Waals surface area (Å²) in [6.45, 7) is 6.07. The summed E-state index contributed by atoms with van der Waals surface area (Å²) in [4.78, 5) is 23.6. The van der Waals surface area contributed by atoms with Gasteiger partial charge in [0.1, 0.15) is 6.61 Å². The molecule has 0 aliphatic rings. The van der Waals surface area contributed by atoms with Crippen molar-refractivity contribution in [2.24, 2.45) is 0 Å². The van der Waals surface area contributed by atoms with Crippen molar-refractivity contribution in [1.29, 1.82) is 0 Å². The van der Waals surface area contributed by atoms with Crippen LogP contribution in [0.5, 0.6) is 0 Å². The normalized spacial score (nSPS) is 11.1. The summed E-state index contributed by atoms with van der Waals surface area (Å²) < 4.78 is 10.3. The van der Waals surface area contributed by atoms with E-state index in [0.29, 0.717) is 12.8 Å². The van der Waals surface area contributed by atoms with Crippen molar-refractivity contribution in [2.75, 3.05) is 6.61 Å². The number of rotatable bonds is 32. The molecule has 0 fully saturated rings. The largest absolute Gasteiger partial charge is 0.465 e. The van der Waals surface area contributed by atoms with Gasteiger partial charge in [-0.15, -0.1) is 0 Å². The van der Waals surface area contributed by atoms with Crippen LogP contribution in [0.4, 0.5) is 0 Å². The Morgan fingerprint density at radius 1 is 0.436 bits per heavy atom. The molecule has 4 nitrogen and oxygen atoms in total. The van der Waals surface area contributed by atoms with Crippen LogP contribution in [-0.4, -0.2) is 18.5 Å². The Morgan fingerprint density at radius 3 is 1.10 bits per heavy atom. The van der Waals surface area contributed by atoms with Gasteiger partial charge in [0, 0.05) is 19.3 Å². The van der Waals surface area contributed by atoms with Crippen molar-refractivity contribution in [1.82, 2.24) is 0 Å². The lowest BCUT2D eigenvalue weighted by Crippen LogP contribution is -2.08. The second-order valence-electron chi connectivity index (χ2n) is 11.5. The van der Waals surface area contributed by atoms with E-state index in [0.717, 1.165) is 25.7 Å². The van der Waals surface area contributed by atoms with Crippen LogP contribution in [0.2, 0.25) is 0 Å². The Balaban J connectivity index is 3.26. The third-order valence-corrected chi connectivity index (χ3v) is 7.61. The SMILES string of the molecule is CCCCCCCCCCCCCCCC(=O)O[CH][CH]COC(=O)CCCCCCCCCCCCCCC. The molecule has 0 amide bonds. The zero-order valence-corrected chi connectivity index (χ0v) is 26.3. The van der Waals surface area contributed by atoms with Crippen LogP contribution in [0, 0.1) is 13.0 Å². The number of hydrogen-bond donors (Lipinski definition) is 0. The zero-order valence-electron chi connectivity index (χ0n) is 26.3. The minimum Gasteiger partial charge on any atom is -0.465 e. The Morgan fingerprint density at radius 2 is 0.744 bits per heavy atom. The molecule has 230 valence electrons. The molecule has 0 bridgehead atoms. The smallest absolute Gasteiger partial charge is 0.306 e. The second-order valence-corrected chi connectivity index (χ2v) is 11.5. The summed E-state index contributed by atoms with van der Waals surface area (Å²) in [5.41, 5.74) is 0. The summed E-state index contributed by atoms with van der Waals surface area (Å²) >= 11 is 0. The van der Waals surface area contributed by atoms with E-state index < -0.39 is 0 Å². The molecule has 0 saturated carbocycles. The molecule has 0 unspecified atom stereocenters. The molecule has 0 aromatic heterocycles. The lowest BCUT2D eigenvalue weighted by molar-refractivity contribution is -0.143. The number of esters is 2. The number of carbonyl (C=O) groups excluding carboxylic acids is 2. The Labute approximate surface area is 244 Å². The molecule has 4 heteroatoms. The highest BCUT2D eigenvalue weighted by molar-refractivity contribution is 5.70. The fourth-order valence-electron chi connectivity index (χ4n) is 5.01. The van der Waals surface area contributed by atoms with Crippen LogP contribution in [0.1, 0.15) is 194 Å². The maximum Gasteiger partial charge on any atom is 0.306 e. The molecule has 0 aliphatic carbocycles. The average molecular weight is 551 g/mol. The zero-order chi connectivity index (χ0) is 28.5. The third kappa shape index (κ3) is 33.0. The van der Waals surface area contributed by atoms with E-state index in [9.17, 15) is 9.59 Å². The topological polar surface area (TPSA) is 52.6 Å². The van der Waals surface area contributed by atoms with Gasteiger partial charge in [-0.3, -0.25) is 9.59 Å². The van der Waals surface area contributed by atoms with E-state index in [1.807, 2.05) is 0 Å². The van der Waals surface area contributed by atoms with E-state index in [4.69, 9.17) is 9.47 Å². The molecule has 0 aliphatic heterocycles. The van der Waals surface area contributed by atoms with Crippen molar-refractivity contribution in [3.8, 4) is 0 Å². The molecular formula is C35H66O4. The quantitative estimate of drug-likeness (QED) is 0.0617. The number of ether oxygens (including phenoxy) is 2. The maximum atomic E-state index is 11.8. The highest BCUT2D eigenvalue weighted by Gasteiger charge is 2.06. The van der Waals surface area contributed by atoms with Crippen molar-refractivity contribution < 1.29 is 19.1 Å². The van der Waals surface area contributed by atoms with Crippen LogP contribution >= 0.6 is 0 Å². The molecule has 2 radical (unpaired) electrons. The summed E-state index contributed by atoms with van der Waals surface area (Å²) in [5.74, 6) is -0.367. The van der Waals surface area contributed by atoms with Crippen LogP contribution in [0.3, 0.4) is 0 Å². The van der Waals surface area contributed by atoms with Crippen molar-refractivity contribution in [2.45, 2.75) is 194 Å². The first-order chi connectivity index (χ1) is 19.2. The van der Waals surface area contributed by atoms with Crippen LogP contribution in [-0.2, 0) is 19.1 Å². The molecule has 0 rings (SSSR count). The van der Waals surface area contributed by atoms with E-state index in [2.05, 4.69) is 13.8 Å². The molecule has 0 aromatic rings. The second kappa shape index (κ2) is 33.1. The van der Waals surface area contributed by atoms with Gasteiger partial charge in [0.2, 0.25) is 0 Å². The minimum atomic E-state index is -0.201. The number of hydrogen-bond acceptors (Lipinski definition) is 4. The van der Waals surface area contributed by atoms with E-state index in [1.165, 1.54) is 148 Å². The highest BCUT2D eigenvalue weighted by Crippen LogP contribution is 2.14. The molecule has 0 N–H and O–H groups in total. The van der Waals surface area contributed by atoms with Crippen molar-refractivity contribution >= 4 is 11.9 Å². The van der Waals surface area contributed by atoms with Gasteiger partial charge in [-0.25, -0.2) is 0 Å². The lowest BCUT2D eigenvalue weighted by atomic mass is 10.0. The first-order valence-electron chi connectivity index (χ1n) is 17.2.